The van der Waals surface area contributed by atoms with Gasteiger partial charge in [0.1, 0.15) is 11.5 Å². The number of hydrogen-bond acceptors (Lipinski definition) is 4. The van der Waals surface area contributed by atoms with Crippen LogP contribution in [0, 0.1) is 18.6 Å². The summed E-state index contributed by atoms with van der Waals surface area (Å²) in [5, 5.41) is 7.17. The summed E-state index contributed by atoms with van der Waals surface area (Å²) < 4.78 is 84.0. The predicted molar refractivity (Wildman–Crippen MR) is 96.5 cm³/mol. The lowest BCUT2D eigenvalue weighted by Crippen LogP contribution is -2.13. The van der Waals surface area contributed by atoms with E-state index in [-0.39, 0.29) is 11.4 Å². The molecule has 3 rings (SSSR count). The summed E-state index contributed by atoms with van der Waals surface area (Å²) in [6.45, 7) is 1.33. The van der Waals surface area contributed by atoms with E-state index < -0.39 is 49.6 Å². The Bertz CT molecular complexity index is 1260. The fourth-order valence-corrected chi connectivity index (χ4v) is 4.11. The average Bonchev–Trinajstić information content (AvgIpc) is 3.02. The molecule has 1 aromatic heterocycles. The first kappa shape index (κ1) is 21.6. The van der Waals surface area contributed by atoms with E-state index >= 15 is 0 Å². The Balaban J connectivity index is 2.06. The number of aromatic nitrogens is 3. The standard InChI is InChI=1S/C18H13F5N4O2S/c1-10-16(24-26-27(10)14-8-7-11(19)9-13(14)20)17(28)25-30(2,29)15-6-4-3-5-12(15)18(21,22)23/h3-9H,1-2H3. The van der Waals surface area contributed by atoms with Gasteiger partial charge in [-0.2, -0.15) is 17.5 Å². The molecule has 0 saturated heterocycles. The van der Waals surface area contributed by atoms with Gasteiger partial charge in [0.25, 0.3) is 0 Å². The Morgan fingerprint density at radius 2 is 1.80 bits per heavy atom. The van der Waals surface area contributed by atoms with Crippen LogP contribution in [-0.4, -0.2) is 31.4 Å². The molecule has 0 aliphatic heterocycles. The van der Waals surface area contributed by atoms with E-state index in [1.165, 1.54) is 13.0 Å². The van der Waals surface area contributed by atoms with Gasteiger partial charge in [0.05, 0.1) is 25.9 Å². The van der Waals surface area contributed by atoms with Gasteiger partial charge < -0.3 is 0 Å². The summed E-state index contributed by atoms with van der Waals surface area (Å²) >= 11 is 0. The zero-order valence-corrected chi connectivity index (χ0v) is 16.3. The molecule has 0 aliphatic carbocycles. The Morgan fingerprint density at radius 3 is 2.43 bits per heavy atom. The maximum atomic E-state index is 14.0. The second-order valence-electron chi connectivity index (χ2n) is 6.22. The van der Waals surface area contributed by atoms with Crippen LogP contribution in [0.4, 0.5) is 22.0 Å². The van der Waals surface area contributed by atoms with Crippen LogP contribution in [0.2, 0.25) is 0 Å². The highest BCUT2D eigenvalue weighted by Gasteiger charge is 2.35. The van der Waals surface area contributed by atoms with E-state index in [2.05, 4.69) is 14.7 Å². The second-order valence-corrected chi connectivity index (χ2v) is 8.45. The molecule has 0 N–H and O–H groups in total. The second kappa shape index (κ2) is 7.59. The van der Waals surface area contributed by atoms with Crippen LogP contribution < -0.4 is 0 Å². The van der Waals surface area contributed by atoms with Crippen molar-refractivity contribution in [1.82, 2.24) is 15.0 Å². The third kappa shape index (κ3) is 4.08. The molecular formula is C18H13F5N4O2S. The smallest absolute Gasteiger partial charge is 0.264 e. The molecule has 0 aliphatic rings. The van der Waals surface area contributed by atoms with Crippen molar-refractivity contribution in [2.24, 2.45) is 4.36 Å². The van der Waals surface area contributed by atoms with Crippen molar-refractivity contribution in [1.29, 1.82) is 0 Å². The molecular weight excluding hydrogens is 431 g/mol. The number of carbonyl (C=O) groups is 1. The maximum Gasteiger partial charge on any atom is 0.417 e. The van der Waals surface area contributed by atoms with Crippen molar-refractivity contribution in [2.45, 2.75) is 18.0 Å². The molecule has 1 atom stereocenters. The largest absolute Gasteiger partial charge is 0.417 e. The Hall–Kier alpha value is -3.15. The van der Waals surface area contributed by atoms with E-state index in [4.69, 9.17) is 0 Å². The van der Waals surface area contributed by atoms with Gasteiger partial charge in [0.2, 0.25) is 0 Å². The monoisotopic (exact) mass is 444 g/mol. The van der Waals surface area contributed by atoms with E-state index in [0.717, 1.165) is 41.3 Å². The van der Waals surface area contributed by atoms with Gasteiger partial charge in [0.15, 0.2) is 11.5 Å². The van der Waals surface area contributed by atoms with Crippen molar-refractivity contribution >= 4 is 15.6 Å². The summed E-state index contributed by atoms with van der Waals surface area (Å²) in [6.07, 6.45) is -3.90. The molecule has 3 aromatic rings. The van der Waals surface area contributed by atoms with Crippen molar-refractivity contribution in [3.05, 3.63) is 71.1 Å². The van der Waals surface area contributed by atoms with Crippen LogP contribution in [0.3, 0.4) is 0 Å². The maximum absolute atomic E-state index is 14.0. The lowest BCUT2D eigenvalue weighted by Gasteiger charge is -2.13. The highest BCUT2D eigenvalue weighted by atomic mass is 32.2. The summed E-state index contributed by atoms with van der Waals surface area (Å²) in [5.41, 5.74) is -1.84. The highest BCUT2D eigenvalue weighted by molar-refractivity contribution is 7.93. The van der Waals surface area contributed by atoms with Gasteiger partial charge in [-0.3, -0.25) is 4.79 Å². The van der Waals surface area contributed by atoms with Crippen molar-refractivity contribution in [2.75, 3.05) is 6.26 Å². The molecule has 0 fully saturated rings. The fraction of sp³-hybridized carbons (Fsp3) is 0.167. The number of amides is 1. The summed E-state index contributed by atoms with van der Waals surface area (Å²) in [6, 6.07) is 6.72. The van der Waals surface area contributed by atoms with Crippen LogP contribution in [0.15, 0.2) is 51.7 Å². The quantitative estimate of drug-likeness (QED) is 0.569. The summed E-state index contributed by atoms with van der Waals surface area (Å²) in [7, 11) is -3.80. The number of hydrogen-bond donors (Lipinski definition) is 0. The zero-order chi connectivity index (χ0) is 22.3. The molecule has 1 heterocycles. The minimum atomic E-state index is -4.80. The molecule has 12 heteroatoms. The highest BCUT2D eigenvalue weighted by Crippen LogP contribution is 2.34. The Labute approximate surface area is 167 Å². The summed E-state index contributed by atoms with van der Waals surface area (Å²) in [5.74, 6) is -2.99. The van der Waals surface area contributed by atoms with Crippen molar-refractivity contribution in [3.8, 4) is 5.69 Å². The molecule has 158 valence electrons. The molecule has 1 amide bonds. The van der Waals surface area contributed by atoms with Gasteiger partial charge in [-0.1, -0.05) is 17.3 Å². The van der Waals surface area contributed by atoms with Gasteiger partial charge in [-0.25, -0.2) is 17.7 Å². The average molecular weight is 444 g/mol. The Kier molecular flexibility index (Phi) is 5.46. The summed E-state index contributed by atoms with van der Waals surface area (Å²) in [4.78, 5) is 11.9. The number of nitrogens with zero attached hydrogens (tertiary/aromatic N) is 4. The van der Waals surface area contributed by atoms with E-state index in [9.17, 15) is 31.0 Å². The number of carbonyl (C=O) groups excluding carboxylic acids is 1. The minimum Gasteiger partial charge on any atom is -0.264 e. The van der Waals surface area contributed by atoms with Gasteiger partial charge >= 0.3 is 12.1 Å². The van der Waals surface area contributed by atoms with Crippen LogP contribution >= 0.6 is 0 Å². The molecule has 0 radical (unpaired) electrons. The fourth-order valence-electron chi connectivity index (χ4n) is 2.69. The van der Waals surface area contributed by atoms with Crippen molar-refractivity contribution in [3.63, 3.8) is 0 Å². The van der Waals surface area contributed by atoms with E-state index in [1.54, 1.807) is 0 Å². The zero-order valence-electron chi connectivity index (χ0n) is 15.4. The van der Waals surface area contributed by atoms with Crippen molar-refractivity contribution < 1.29 is 31.0 Å². The van der Waals surface area contributed by atoms with E-state index in [0.29, 0.717) is 6.07 Å². The lowest BCUT2D eigenvalue weighted by molar-refractivity contribution is -0.139. The molecule has 0 bridgehead atoms. The number of halogens is 5. The van der Waals surface area contributed by atoms with E-state index in [1.807, 2.05) is 0 Å². The third-order valence-corrected chi connectivity index (χ3v) is 5.78. The molecule has 0 spiro atoms. The number of benzene rings is 2. The number of rotatable bonds is 3. The first-order chi connectivity index (χ1) is 13.9. The first-order valence-corrected chi connectivity index (χ1v) is 10.1. The first-order valence-electron chi connectivity index (χ1n) is 8.22. The molecule has 6 nitrogen and oxygen atoms in total. The molecule has 30 heavy (non-hydrogen) atoms. The van der Waals surface area contributed by atoms with Crippen LogP contribution in [-0.2, 0) is 15.9 Å². The third-order valence-electron chi connectivity index (χ3n) is 4.09. The van der Waals surface area contributed by atoms with Gasteiger partial charge in [0, 0.05) is 12.3 Å². The SMILES string of the molecule is Cc1c(C(=O)N=S(C)(=O)c2ccccc2C(F)(F)F)nnn1-c1ccc(F)cc1F. The van der Waals surface area contributed by atoms with Crippen LogP contribution in [0.5, 0.6) is 0 Å². The molecule has 1 unspecified atom stereocenters. The molecule has 0 saturated carbocycles. The number of alkyl halides is 3. The Morgan fingerprint density at radius 1 is 1.13 bits per heavy atom. The minimum absolute atomic E-state index is 0.0198. The van der Waals surface area contributed by atoms with Crippen LogP contribution in [0.1, 0.15) is 21.7 Å². The molecule has 2 aromatic carbocycles. The van der Waals surface area contributed by atoms with Crippen LogP contribution in [0.25, 0.3) is 5.69 Å². The topological polar surface area (TPSA) is 77.2 Å². The normalized spacial score (nSPS) is 13.7. The van der Waals surface area contributed by atoms with Gasteiger partial charge in [-0.05, 0) is 31.2 Å². The predicted octanol–water partition coefficient (Wildman–Crippen LogP) is 4.17. The van der Waals surface area contributed by atoms with Gasteiger partial charge in [-0.15, -0.1) is 5.10 Å². The lowest BCUT2D eigenvalue weighted by atomic mass is 10.2.